The standard InChI is InChI=1S/C28H39NO3S/c1-27-17-15-24-22(12-14-25-28(24,2)18-16-26(30)29(25)3)23(27)13-9-20(27)8-5-19-6-10-21(11-7-19)33(4,31)32/h6-7,10-11,16,18,20,22-25H,5,8-9,12-15,17H2,1-4H3/t20-,22-,23-,24-,25?,27+,28+/m0/s1. The Bertz CT molecular complexity index is 1060. The summed E-state index contributed by atoms with van der Waals surface area (Å²) in [4.78, 5) is 14.7. The molecule has 7 atom stereocenters. The average Bonchev–Trinajstić information content (AvgIpc) is 3.11. The maximum absolute atomic E-state index is 12.3. The van der Waals surface area contributed by atoms with Crippen molar-refractivity contribution in [3.8, 4) is 0 Å². The van der Waals surface area contributed by atoms with Crippen molar-refractivity contribution in [3.63, 3.8) is 0 Å². The minimum atomic E-state index is -3.13. The molecule has 4 aliphatic rings. The number of carbonyl (C=O) groups is 1. The van der Waals surface area contributed by atoms with Crippen molar-refractivity contribution in [2.24, 2.45) is 34.5 Å². The first-order valence-electron chi connectivity index (χ1n) is 12.8. The van der Waals surface area contributed by atoms with Gasteiger partial charge < -0.3 is 4.90 Å². The molecule has 1 unspecified atom stereocenters. The van der Waals surface area contributed by atoms with Crippen LogP contribution in [0.1, 0.15) is 64.4 Å². The van der Waals surface area contributed by atoms with Gasteiger partial charge in [0.2, 0.25) is 5.91 Å². The number of hydrogen-bond acceptors (Lipinski definition) is 3. The van der Waals surface area contributed by atoms with Crippen LogP contribution in [0.15, 0.2) is 41.3 Å². The maximum atomic E-state index is 12.3. The first-order valence-corrected chi connectivity index (χ1v) is 14.7. The van der Waals surface area contributed by atoms with Gasteiger partial charge in [0, 0.05) is 24.8 Å². The zero-order chi connectivity index (χ0) is 23.6. The van der Waals surface area contributed by atoms with Crippen LogP contribution in [-0.4, -0.2) is 38.6 Å². The fourth-order valence-corrected chi connectivity index (χ4v) is 9.20. The van der Waals surface area contributed by atoms with E-state index in [9.17, 15) is 13.2 Å². The number of amides is 1. The van der Waals surface area contributed by atoms with Crippen molar-refractivity contribution < 1.29 is 13.2 Å². The molecule has 3 saturated carbocycles. The van der Waals surface area contributed by atoms with Gasteiger partial charge in [-0.25, -0.2) is 8.42 Å². The highest BCUT2D eigenvalue weighted by Gasteiger charge is 2.60. The predicted molar refractivity (Wildman–Crippen MR) is 131 cm³/mol. The van der Waals surface area contributed by atoms with E-state index < -0.39 is 9.84 Å². The third-order valence-electron chi connectivity index (χ3n) is 10.5. The average molecular weight is 470 g/mol. The lowest BCUT2D eigenvalue weighted by Gasteiger charge is -2.60. The second-order valence-corrected chi connectivity index (χ2v) is 13.9. The molecule has 180 valence electrons. The summed E-state index contributed by atoms with van der Waals surface area (Å²) in [5, 5.41) is 0. The molecule has 0 N–H and O–H groups in total. The molecule has 0 bridgehead atoms. The topological polar surface area (TPSA) is 54.5 Å². The predicted octanol–water partition coefficient (Wildman–Crippen LogP) is 5.28. The van der Waals surface area contributed by atoms with Crippen LogP contribution in [0, 0.1) is 34.5 Å². The molecule has 1 aromatic carbocycles. The minimum absolute atomic E-state index is 0.117. The number of likely N-dealkylation sites (N-methyl/N-ethyl adjacent to an activating group) is 1. The van der Waals surface area contributed by atoms with Gasteiger partial charge in [-0.05, 0) is 104 Å². The Kier molecular flexibility index (Phi) is 5.58. The van der Waals surface area contributed by atoms with E-state index in [1.165, 1.54) is 50.3 Å². The van der Waals surface area contributed by atoms with Crippen molar-refractivity contribution in [3.05, 3.63) is 42.0 Å². The monoisotopic (exact) mass is 469 g/mol. The normalized spacial score (nSPS) is 40.3. The van der Waals surface area contributed by atoms with E-state index in [-0.39, 0.29) is 11.3 Å². The Morgan fingerprint density at radius 3 is 2.42 bits per heavy atom. The SMILES string of the molecule is CN1C(=O)C=C[C@@]2(C)C1CC[C@H]1[C@@H]3CC[C@H](CCc4ccc(S(C)(=O)=O)cc4)[C@@]3(C)CC[C@@H]12. The van der Waals surface area contributed by atoms with Crippen molar-refractivity contribution in [2.75, 3.05) is 13.3 Å². The molecule has 0 saturated heterocycles. The second-order valence-electron chi connectivity index (χ2n) is 11.9. The summed E-state index contributed by atoms with van der Waals surface area (Å²) in [7, 11) is -1.14. The van der Waals surface area contributed by atoms with Crippen LogP contribution in [0.5, 0.6) is 0 Å². The maximum Gasteiger partial charge on any atom is 0.246 e. The first kappa shape index (κ1) is 23.1. The van der Waals surface area contributed by atoms with E-state index >= 15 is 0 Å². The van der Waals surface area contributed by atoms with Gasteiger partial charge in [0.05, 0.1) is 4.90 Å². The summed E-state index contributed by atoms with van der Waals surface area (Å²) in [5.41, 5.74) is 1.78. The summed E-state index contributed by atoms with van der Waals surface area (Å²) in [6, 6.07) is 7.86. The van der Waals surface area contributed by atoms with Crippen LogP contribution < -0.4 is 0 Å². The zero-order valence-corrected chi connectivity index (χ0v) is 21.4. The molecule has 0 aromatic heterocycles. The number of carbonyl (C=O) groups excluding carboxylic acids is 1. The molecular formula is C28H39NO3S. The van der Waals surface area contributed by atoms with Crippen LogP contribution in [0.4, 0.5) is 0 Å². The van der Waals surface area contributed by atoms with Crippen molar-refractivity contribution in [1.29, 1.82) is 0 Å². The minimum Gasteiger partial charge on any atom is -0.338 e. The van der Waals surface area contributed by atoms with Crippen LogP contribution >= 0.6 is 0 Å². The number of nitrogens with zero attached hydrogens (tertiary/aromatic N) is 1. The summed E-state index contributed by atoms with van der Waals surface area (Å²) in [6.07, 6.45) is 15.2. The van der Waals surface area contributed by atoms with Gasteiger partial charge in [0.15, 0.2) is 9.84 Å². The summed E-state index contributed by atoms with van der Waals surface area (Å²) in [5.74, 6) is 3.17. The van der Waals surface area contributed by atoms with Gasteiger partial charge in [-0.2, -0.15) is 0 Å². The van der Waals surface area contributed by atoms with E-state index in [0.29, 0.717) is 22.3 Å². The summed E-state index contributed by atoms with van der Waals surface area (Å²) >= 11 is 0. The Hall–Kier alpha value is -1.62. The number of sulfone groups is 1. The Labute approximate surface area is 199 Å². The molecule has 1 aromatic rings. The molecule has 4 nitrogen and oxygen atoms in total. The van der Waals surface area contributed by atoms with Gasteiger partial charge in [-0.1, -0.05) is 32.1 Å². The van der Waals surface area contributed by atoms with E-state index in [1.807, 2.05) is 30.2 Å². The van der Waals surface area contributed by atoms with E-state index in [1.54, 1.807) is 12.1 Å². The number of aryl methyl sites for hydroxylation is 1. The van der Waals surface area contributed by atoms with Crippen molar-refractivity contribution in [1.82, 2.24) is 4.90 Å². The molecule has 33 heavy (non-hydrogen) atoms. The molecule has 5 heteroatoms. The highest BCUT2D eigenvalue weighted by molar-refractivity contribution is 7.90. The van der Waals surface area contributed by atoms with Gasteiger partial charge >= 0.3 is 0 Å². The van der Waals surface area contributed by atoms with Crippen molar-refractivity contribution >= 4 is 15.7 Å². The number of benzene rings is 1. The third kappa shape index (κ3) is 3.69. The molecule has 3 fully saturated rings. The number of rotatable bonds is 4. The smallest absolute Gasteiger partial charge is 0.246 e. The molecular weight excluding hydrogens is 430 g/mol. The molecule has 5 rings (SSSR count). The number of fused-ring (bicyclic) bond motifs is 5. The second kappa shape index (κ2) is 7.96. The molecule has 0 radical (unpaired) electrons. The summed E-state index contributed by atoms with van der Waals surface area (Å²) < 4.78 is 23.5. The lowest BCUT2D eigenvalue weighted by Crippen LogP contribution is -2.59. The Morgan fingerprint density at radius 2 is 1.73 bits per heavy atom. The molecule has 3 aliphatic carbocycles. The fraction of sp³-hybridized carbons (Fsp3) is 0.679. The van der Waals surface area contributed by atoms with E-state index in [0.717, 1.165) is 30.6 Å². The highest BCUT2D eigenvalue weighted by atomic mass is 32.2. The summed E-state index contributed by atoms with van der Waals surface area (Å²) in [6.45, 7) is 4.99. The third-order valence-corrected chi connectivity index (χ3v) is 11.6. The fourth-order valence-electron chi connectivity index (χ4n) is 8.57. The lowest BCUT2D eigenvalue weighted by molar-refractivity contribution is -0.138. The van der Waals surface area contributed by atoms with Gasteiger partial charge in [0.1, 0.15) is 0 Å². The Balaban J connectivity index is 1.30. The van der Waals surface area contributed by atoms with Gasteiger partial charge in [-0.3, -0.25) is 4.79 Å². The van der Waals surface area contributed by atoms with E-state index in [2.05, 4.69) is 19.9 Å². The lowest BCUT2D eigenvalue weighted by atomic mass is 9.47. The highest BCUT2D eigenvalue weighted by Crippen LogP contribution is 2.66. The van der Waals surface area contributed by atoms with Crippen LogP contribution in [-0.2, 0) is 21.1 Å². The quantitative estimate of drug-likeness (QED) is 0.603. The van der Waals surface area contributed by atoms with Crippen molar-refractivity contribution in [2.45, 2.75) is 76.2 Å². The van der Waals surface area contributed by atoms with Gasteiger partial charge in [-0.15, -0.1) is 0 Å². The first-order chi connectivity index (χ1) is 15.5. The zero-order valence-electron chi connectivity index (χ0n) is 20.6. The molecule has 0 spiro atoms. The van der Waals surface area contributed by atoms with Gasteiger partial charge in [0.25, 0.3) is 0 Å². The molecule has 1 aliphatic heterocycles. The molecule has 1 heterocycles. The van der Waals surface area contributed by atoms with Crippen LogP contribution in [0.3, 0.4) is 0 Å². The van der Waals surface area contributed by atoms with E-state index in [4.69, 9.17) is 0 Å². The van der Waals surface area contributed by atoms with Crippen LogP contribution in [0.2, 0.25) is 0 Å². The molecule has 1 amide bonds. The largest absolute Gasteiger partial charge is 0.338 e. The van der Waals surface area contributed by atoms with Crippen LogP contribution in [0.25, 0.3) is 0 Å². The Morgan fingerprint density at radius 1 is 1.00 bits per heavy atom. The number of hydrogen-bond donors (Lipinski definition) is 0.